The zero-order chi connectivity index (χ0) is 15.1. The Labute approximate surface area is 136 Å². The zero-order valence-corrected chi connectivity index (χ0v) is 13.3. The van der Waals surface area contributed by atoms with E-state index >= 15 is 0 Å². The van der Waals surface area contributed by atoms with Crippen LogP contribution in [0.3, 0.4) is 0 Å². The largest absolute Gasteiger partial charge is 0.310 e. The fourth-order valence-electron chi connectivity index (χ4n) is 2.61. The van der Waals surface area contributed by atoms with Gasteiger partial charge in [0.05, 0.1) is 22.0 Å². The second-order valence-corrected chi connectivity index (χ2v) is 7.05. The summed E-state index contributed by atoms with van der Waals surface area (Å²) in [6.45, 7) is 0.672. The first-order valence-electron chi connectivity index (χ1n) is 7.24. The molecule has 1 aliphatic carbocycles. The molecule has 2 fully saturated rings. The summed E-state index contributed by atoms with van der Waals surface area (Å²) in [5, 5.41) is 13.0. The van der Waals surface area contributed by atoms with E-state index < -0.39 is 0 Å². The molecule has 1 aromatic heterocycles. The SMILES string of the molecule is O=C1[C@H](Sc2nnnn2C2CC2)CCN1c1ccccc1Cl. The van der Waals surface area contributed by atoms with Crippen LogP contribution in [0.4, 0.5) is 5.69 Å². The molecule has 22 heavy (non-hydrogen) atoms. The number of amides is 1. The fraction of sp³-hybridized carbons (Fsp3) is 0.429. The molecule has 1 amide bonds. The summed E-state index contributed by atoms with van der Waals surface area (Å²) < 4.78 is 1.84. The molecule has 6 nitrogen and oxygen atoms in total. The number of anilines is 1. The predicted molar refractivity (Wildman–Crippen MR) is 84.2 cm³/mol. The number of hydrogen-bond acceptors (Lipinski definition) is 5. The van der Waals surface area contributed by atoms with Gasteiger partial charge in [0, 0.05) is 6.54 Å². The monoisotopic (exact) mass is 335 g/mol. The summed E-state index contributed by atoms with van der Waals surface area (Å²) in [6.07, 6.45) is 3.00. The van der Waals surface area contributed by atoms with E-state index in [1.165, 1.54) is 11.8 Å². The van der Waals surface area contributed by atoms with Crippen molar-refractivity contribution in [1.29, 1.82) is 0 Å². The van der Waals surface area contributed by atoms with Crippen LogP contribution in [0, 0.1) is 0 Å². The lowest BCUT2D eigenvalue weighted by Gasteiger charge is -2.17. The van der Waals surface area contributed by atoms with Crippen LogP contribution >= 0.6 is 23.4 Å². The first-order valence-corrected chi connectivity index (χ1v) is 8.50. The standard InChI is InChI=1S/C14H14ClN5OS/c15-10-3-1-2-4-11(10)19-8-7-12(13(19)21)22-14-16-17-18-20(14)9-5-6-9/h1-4,9,12H,5-8H2/t12-/m1/s1. The highest BCUT2D eigenvalue weighted by Crippen LogP contribution is 2.39. The number of para-hydroxylation sites is 1. The molecule has 4 rings (SSSR count). The minimum absolute atomic E-state index is 0.0726. The Morgan fingerprint density at radius 3 is 2.82 bits per heavy atom. The fourth-order valence-corrected chi connectivity index (χ4v) is 3.93. The molecule has 0 N–H and O–H groups in total. The zero-order valence-electron chi connectivity index (χ0n) is 11.7. The van der Waals surface area contributed by atoms with Gasteiger partial charge in [0.1, 0.15) is 0 Å². The van der Waals surface area contributed by atoms with Crippen LogP contribution in [0.2, 0.25) is 5.02 Å². The van der Waals surface area contributed by atoms with Gasteiger partial charge in [-0.05, 0) is 41.8 Å². The van der Waals surface area contributed by atoms with E-state index in [1.54, 1.807) is 11.0 Å². The van der Waals surface area contributed by atoms with Crippen molar-refractivity contribution in [3.63, 3.8) is 0 Å². The maximum atomic E-state index is 12.6. The molecule has 2 heterocycles. The van der Waals surface area contributed by atoms with Gasteiger partial charge in [0.25, 0.3) is 0 Å². The van der Waals surface area contributed by atoms with Crippen LogP contribution < -0.4 is 4.90 Å². The number of carbonyl (C=O) groups is 1. The molecule has 1 aliphatic heterocycles. The van der Waals surface area contributed by atoms with Gasteiger partial charge < -0.3 is 4.90 Å². The first-order chi connectivity index (χ1) is 10.7. The van der Waals surface area contributed by atoms with Crippen molar-refractivity contribution < 1.29 is 4.79 Å². The smallest absolute Gasteiger partial charge is 0.240 e. The summed E-state index contributed by atoms with van der Waals surface area (Å²) in [5.41, 5.74) is 0.777. The van der Waals surface area contributed by atoms with Crippen molar-refractivity contribution in [3.05, 3.63) is 29.3 Å². The minimum atomic E-state index is -0.153. The lowest BCUT2D eigenvalue weighted by atomic mass is 10.3. The average molecular weight is 336 g/mol. The second-order valence-electron chi connectivity index (χ2n) is 5.47. The Morgan fingerprint density at radius 2 is 2.05 bits per heavy atom. The normalized spacial score (nSPS) is 21.6. The van der Waals surface area contributed by atoms with E-state index in [2.05, 4.69) is 15.5 Å². The highest BCUT2D eigenvalue weighted by atomic mass is 35.5. The number of hydrogen-bond donors (Lipinski definition) is 0. The molecule has 0 unspecified atom stereocenters. The molecule has 114 valence electrons. The molecule has 0 spiro atoms. The van der Waals surface area contributed by atoms with Gasteiger partial charge in [0.15, 0.2) is 0 Å². The Morgan fingerprint density at radius 1 is 1.23 bits per heavy atom. The molecule has 2 aliphatic rings. The molecule has 0 bridgehead atoms. The van der Waals surface area contributed by atoms with Crippen LogP contribution in [0.25, 0.3) is 0 Å². The summed E-state index contributed by atoms with van der Waals surface area (Å²) >= 11 is 7.66. The van der Waals surface area contributed by atoms with Crippen molar-refractivity contribution in [2.75, 3.05) is 11.4 Å². The highest BCUT2D eigenvalue weighted by molar-refractivity contribution is 8.00. The van der Waals surface area contributed by atoms with Crippen molar-refractivity contribution in [1.82, 2.24) is 20.2 Å². The van der Waals surface area contributed by atoms with Gasteiger partial charge in [-0.15, -0.1) is 5.10 Å². The molecule has 1 atom stereocenters. The van der Waals surface area contributed by atoms with Crippen LogP contribution in [0.15, 0.2) is 29.4 Å². The van der Waals surface area contributed by atoms with Gasteiger partial charge in [-0.2, -0.15) is 0 Å². The van der Waals surface area contributed by atoms with Crippen LogP contribution in [0.1, 0.15) is 25.3 Å². The quantitative estimate of drug-likeness (QED) is 0.859. The molecule has 1 saturated heterocycles. The van der Waals surface area contributed by atoms with Crippen LogP contribution in [-0.4, -0.2) is 37.9 Å². The van der Waals surface area contributed by atoms with Crippen molar-refractivity contribution in [3.8, 4) is 0 Å². The van der Waals surface area contributed by atoms with E-state index in [0.29, 0.717) is 17.6 Å². The van der Waals surface area contributed by atoms with E-state index in [0.717, 1.165) is 30.1 Å². The maximum Gasteiger partial charge on any atom is 0.240 e. The number of nitrogens with zero attached hydrogens (tertiary/aromatic N) is 5. The van der Waals surface area contributed by atoms with Crippen LogP contribution in [-0.2, 0) is 4.79 Å². The molecule has 2 aromatic rings. The van der Waals surface area contributed by atoms with Crippen molar-refractivity contribution in [2.45, 2.75) is 35.7 Å². The van der Waals surface area contributed by atoms with E-state index in [9.17, 15) is 4.79 Å². The number of tetrazole rings is 1. The van der Waals surface area contributed by atoms with E-state index in [-0.39, 0.29) is 11.2 Å². The molecule has 0 radical (unpaired) electrons. The van der Waals surface area contributed by atoms with E-state index in [1.807, 2.05) is 22.9 Å². The third kappa shape index (κ3) is 2.48. The number of halogens is 1. The lowest BCUT2D eigenvalue weighted by molar-refractivity contribution is -0.116. The van der Waals surface area contributed by atoms with Gasteiger partial charge in [0.2, 0.25) is 11.1 Å². The molecule has 1 saturated carbocycles. The van der Waals surface area contributed by atoms with Crippen molar-refractivity contribution >= 4 is 35.0 Å². The second kappa shape index (κ2) is 5.55. The van der Waals surface area contributed by atoms with Gasteiger partial charge in [-0.25, -0.2) is 4.68 Å². The summed E-state index contributed by atoms with van der Waals surface area (Å²) in [4.78, 5) is 14.4. The molecule has 8 heteroatoms. The van der Waals surface area contributed by atoms with E-state index in [4.69, 9.17) is 11.6 Å². The third-order valence-electron chi connectivity index (χ3n) is 3.90. The third-order valence-corrected chi connectivity index (χ3v) is 5.42. The van der Waals surface area contributed by atoms with Gasteiger partial charge in [-0.3, -0.25) is 4.79 Å². The molecule has 1 aromatic carbocycles. The Hall–Kier alpha value is -1.60. The number of benzene rings is 1. The highest BCUT2D eigenvalue weighted by Gasteiger charge is 2.36. The summed E-state index contributed by atoms with van der Waals surface area (Å²) in [6, 6.07) is 7.85. The predicted octanol–water partition coefficient (Wildman–Crippen LogP) is 2.56. The molecular weight excluding hydrogens is 322 g/mol. The Balaban J connectivity index is 1.52. The lowest BCUT2D eigenvalue weighted by Crippen LogP contribution is -2.28. The number of rotatable bonds is 4. The summed E-state index contributed by atoms with van der Waals surface area (Å²) in [7, 11) is 0. The number of aromatic nitrogens is 4. The van der Waals surface area contributed by atoms with Gasteiger partial charge in [-0.1, -0.05) is 35.5 Å². The maximum absolute atomic E-state index is 12.6. The Bertz CT molecular complexity index is 717. The minimum Gasteiger partial charge on any atom is -0.310 e. The average Bonchev–Trinajstić information content (AvgIpc) is 3.16. The first kappa shape index (κ1) is 14.0. The van der Waals surface area contributed by atoms with Gasteiger partial charge >= 0.3 is 0 Å². The topological polar surface area (TPSA) is 63.9 Å². The molecular formula is C14H14ClN5OS. The number of thioether (sulfide) groups is 1. The summed E-state index contributed by atoms with van der Waals surface area (Å²) in [5.74, 6) is 0.0726. The number of carbonyl (C=O) groups excluding carboxylic acids is 1. The Kier molecular flexibility index (Phi) is 3.54. The van der Waals surface area contributed by atoms with Crippen molar-refractivity contribution in [2.24, 2.45) is 0 Å². The van der Waals surface area contributed by atoms with Crippen LogP contribution in [0.5, 0.6) is 0 Å².